The van der Waals surface area contributed by atoms with Crippen molar-refractivity contribution in [2.75, 3.05) is 33.4 Å². The Morgan fingerprint density at radius 1 is 1.44 bits per heavy atom. The standard InChI is InChI=1S/C12H22N2O4/c1-12(4-3-5-12)9-13-11(17)14(6-7-18-2)8-10(15)16/h3-9H2,1-2H3,(H,13,17)(H,15,16). The molecule has 0 radical (unpaired) electrons. The number of carbonyl (C=O) groups excluding carboxylic acids is 1. The van der Waals surface area contributed by atoms with Gasteiger partial charge in [-0.2, -0.15) is 0 Å². The third-order valence-electron chi connectivity index (χ3n) is 3.41. The fourth-order valence-electron chi connectivity index (χ4n) is 1.98. The van der Waals surface area contributed by atoms with Crippen LogP contribution in [0.2, 0.25) is 0 Å². The molecule has 1 aliphatic rings. The molecule has 2 N–H and O–H groups in total. The molecule has 1 saturated carbocycles. The molecule has 0 bridgehead atoms. The predicted molar refractivity (Wildman–Crippen MR) is 66.4 cm³/mol. The van der Waals surface area contributed by atoms with Crippen LogP contribution >= 0.6 is 0 Å². The summed E-state index contributed by atoms with van der Waals surface area (Å²) in [5.74, 6) is -1.02. The van der Waals surface area contributed by atoms with Crippen molar-refractivity contribution in [3.8, 4) is 0 Å². The fourth-order valence-corrected chi connectivity index (χ4v) is 1.98. The number of nitrogens with zero attached hydrogens (tertiary/aromatic N) is 1. The highest BCUT2D eigenvalue weighted by molar-refractivity contribution is 5.80. The Morgan fingerprint density at radius 2 is 2.11 bits per heavy atom. The lowest BCUT2D eigenvalue weighted by molar-refractivity contribution is -0.137. The van der Waals surface area contributed by atoms with Crippen LogP contribution in [0.3, 0.4) is 0 Å². The molecule has 6 nitrogen and oxygen atoms in total. The van der Waals surface area contributed by atoms with Crippen LogP contribution in [0.5, 0.6) is 0 Å². The second-order valence-electron chi connectivity index (χ2n) is 5.13. The van der Waals surface area contributed by atoms with Crippen molar-refractivity contribution in [3.63, 3.8) is 0 Å². The van der Waals surface area contributed by atoms with Crippen molar-refractivity contribution < 1.29 is 19.4 Å². The van der Waals surface area contributed by atoms with Gasteiger partial charge in [0.2, 0.25) is 0 Å². The Hall–Kier alpha value is -1.30. The van der Waals surface area contributed by atoms with Crippen LogP contribution < -0.4 is 5.32 Å². The van der Waals surface area contributed by atoms with Gasteiger partial charge in [-0.15, -0.1) is 0 Å². The van der Waals surface area contributed by atoms with Gasteiger partial charge in [-0.25, -0.2) is 4.79 Å². The summed E-state index contributed by atoms with van der Waals surface area (Å²) in [6.07, 6.45) is 3.43. The maximum atomic E-state index is 11.9. The van der Waals surface area contributed by atoms with Gasteiger partial charge in [-0.1, -0.05) is 13.3 Å². The summed E-state index contributed by atoms with van der Waals surface area (Å²) in [7, 11) is 1.52. The van der Waals surface area contributed by atoms with Crippen LogP contribution in [0.1, 0.15) is 26.2 Å². The summed E-state index contributed by atoms with van der Waals surface area (Å²) >= 11 is 0. The van der Waals surface area contributed by atoms with E-state index in [9.17, 15) is 9.59 Å². The number of carbonyl (C=O) groups is 2. The van der Waals surface area contributed by atoms with Crippen LogP contribution in [0.25, 0.3) is 0 Å². The molecular formula is C12H22N2O4. The predicted octanol–water partition coefficient (Wildman–Crippen LogP) is 0.919. The molecular weight excluding hydrogens is 236 g/mol. The lowest BCUT2D eigenvalue weighted by Gasteiger charge is -2.38. The minimum absolute atomic E-state index is 0.186. The first-order chi connectivity index (χ1) is 8.47. The van der Waals surface area contributed by atoms with Gasteiger partial charge in [0.1, 0.15) is 6.54 Å². The zero-order valence-corrected chi connectivity index (χ0v) is 11.1. The summed E-state index contributed by atoms with van der Waals surface area (Å²) in [6, 6.07) is -0.331. The molecule has 1 fully saturated rings. The first-order valence-corrected chi connectivity index (χ1v) is 6.20. The van der Waals surface area contributed by atoms with Gasteiger partial charge in [-0.3, -0.25) is 4.79 Å². The van der Waals surface area contributed by atoms with E-state index in [4.69, 9.17) is 9.84 Å². The molecule has 2 amide bonds. The lowest BCUT2D eigenvalue weighted by atomic mass is 9.70. The number of hydrogen-bond acceptors (Lipinski definition) is 3. The van der Waals surface area contributed by atoms with E-state index >= 15 is 0 Å². The lowest BCUT2D eigenvalue weighted by Crippen LogP contribution is -2.48. The number of aliphatic carboxylic acids is 1. The smallest absolute Gasteiger partial charge is 0.323 e. The van der Waals surface area contributed by atoms with Gasteiger partial charge in [-0.05, 0) is 18.3 Å². The van der Waals surface area contributed by atoms with E-state index in [2.05, 4.69) is 12.2 Å². The van der Waals surface area contributed by atoms with Gasteiger partial charge in [0, 0.05) is 20.2 Å². The molecule has 0 heterocycles. The molecule has 1 rings (SSSR count). The minimum Gasteiger partial charge on any atom is -0.480 e. The van der Waals surface area contributed by atoms with Crippen molar-refractivity contribution in [1.29, 1.82) is 0 Å². The summed E-state index contributed by atoms with van der Waals surface area (Å²) in [6.45, 7) is 3.05. The quantitative estimate of drug-likeness (QED) is 0.711. The van der Waals surface area contributed by atoms with E-state index in [-0.39, 0.29) is 24.5 Å². The van der Waals surface area contributed by atoms with Gasteiger partial charge in [0.15, 0.2) is 0 Å². The van der Waals surface area contributed by atoms with Crippen molar-refractivity contribution in [2.24, 2.45) is 5.41 Å². The van der Waals surface area contributed by atoms with E-state index < -0.39 is 5.97 Å². The van der Waals surface area contributed by atoms with E-state index in [0.29, 0.717) is 13.2 Å². The number of hydrogen-bond donors (Lipinski definition) is 2. The molecule has 0 unspecified atom stereocenters. The maximum Gasteiger partial charge on any atom is 0.323 e. The Balaban J connectivity index is 2.39. The zero-order chi connectivity index (χ0) is 13.6. The highest BCUT2D eigenvalue weighted by Crippen LogP contribution is 2.39. The number of carboxylic acid groups (broad SMARTS) is 1. The normalized spacial score (nSPS) is 16.8. The number of rotatable bonds is 7. The van der Waals surface area contributed by atoms with Crippen LogP contribution in [0.4, 0.5) is 4.79 Å². The average molecular weight is 258 g/mol. The molecule has 0 aromatic heterocycles. The number of amides is 2. The average Bonchev–Trinajstić information content (AvgIpc) is 2.28. The van der Waals surface area contributed by atoms with E-state index in [1.165, 1.54) is 18.4 Å². The molecule has 0 aliphatic heterocycles. The Bertz CT molecular complexity index is 302. The number of methoxy groups -OCH3 is 1. The third-order valence-corrected chi connectivity index (χ3v) is 3.41. The summed E-state index contributed by atoms with van der Waals surface area (Å²) in [5.41, 5.74) is 0.186. The molecule has 104 valence electrons. The van der Waals surface area contributed by atoms with Gasteiger partial charge in [0.05, 0.1) is 6.61 Å². The molecule has 0 aromatic rings. The van der Waals surface area contributed by atoms with E-state index in [1.54, 1.807) is 0 Å². The fraction of sp³-hybridized carbons (Fsp3) is 0.833. The number of ether oxygens (including phenoxy) is 1. The third kappa shape index (κ3) is 4.52. The van der Waals surface area contributed by atoms with E-state index in [1.807, 2.05) is 0 Å². The summed E-state index contributed by atoms with van der Waals surface area (Å²) in [4.78, 5) is 23.8. The second kappa shape index (κ2) is 6.58. The largest absolute Gasteiger partial charge is 0.480 e. The Labute approximate surface area is 107 Å². The minimum atomic E-state index is -1.02. The highest BCUT2D eigenvalue weighted by Gasteiger charge is 2.32. The Morgan fingerprint density at radius 3 is 2.56 bits per heavy atom. The second-order valence-corrected chi connectivity index (χ2v) is 5.13. The SMILES string of the molecule is COCCN(CC(=O)O)C(=O)NCC1(C)CCC1. The van der Waals surface area contributed by atoms with Crippen LogP contribution in [0, 0.1) is 5.41 Å². The van der Waals surface area contributed by atoms with Crippen LogP contribution in [-0.4, -0.2) is 55.4 Å². The molecule has 0 spiro atoms. The van der Waals surface area contributed by atoms with Gasteiger partial charge >= 0.3 is 12.0 Å². The van der Waals surface area contributed by atoms with Crippen molar-refractivity contribution >= 4 is 12.0 Å². The maximum absolute atomic E-state index is 11.9. The summed E-state index contributed by atoms with van der Waals surface area (Å²) in [5, 5.41) is 11.6. The first-order valence-electron chi connectivity index (χ1n) is 6.20. The number of urea groups is 1. The summed E-state index contributed by atoms with van der Waals surface area (Å²) < 4.78 is 4.87. The molecule has 1 aliphatic carbocycles. The topological polar surface area (TPSA) is 78.9 Å². The van der Waals surface area contributed by atoms with Gasteiger partial charge < -0.3 is 20.1 Å². The monoisotopic (exact) mass is 258 g/mol. The van der Waals surface area contributed by atoms with Crippen molar-refractivity contribution in [1.82, 2.24) is 10.2 Å². The van der Waals surface area contributed by atoms with Crippen molar-refractivity contribution in [2.45, 2.75) is 26.2 Å². The molecule has 18 heavy (non-hydrogen) atoms. The first kappa shape index (κ1) is 14.8. The molecule has 0 saturated heterocycles. The molecule has 6 heteroatoms. The van der Waals surface area contributed by atoms with Crippen molar-refractivity contribution in [3.05, 3.63) is 0 Å². The van der Waals surface area contributed by atoms with E-state index in [0.717, 1.165) is 12.8 Å². The molecule has 0 aromatic carbocycles. The number of carboxylic acids is 1. The van der Waals surface area contributed by atoms with Gasteiger partial charge in [0.25, 0.3) is 0 Å². The molecule has 0 atom stereocenters. The number of nitrogens with one attached hydrogen (secondary N) is 1. The Kier molecular flexibility index (Phi) is 5.40. The van der Waals surface area contributed by atoms with Crippen LogP contribution in [0.15, 0.2) is 0 Å². The highest BCUT2D eigenvalue weighted by atomic mass is 16.5. The zero-order valence-electron chi connectivity index (χ0n) is 11.1. The van der Waals surface area contributed by atoms with Crippen LogP contribution in [-0.2, 0) is 9.53 Å².